The molecule has 3 nitrogen and oxygen atoms in total. The summed E-state index contributed by atoms with van der Waals surface area (Å²) >= 11 is 0. The van der Waals surface area contributed by atoms with E-state index in [-0.39, 0.29) is 17.7 Å². The standard InChI is InChI=1S/C20H21F3N2O/c1-2-24-12-14-6-3-4-9-18(14)25-19(26)17-11-16(17)13-7-5-8-15(10-13)20(21,22)23/h3-10,16-17,24H,2,11-12H2,1H3,(H,25,26). The number of amides is 1. The number of hydrogen-bond acceptors (Lipinski definition) is 2. The van der Waals surface area contributed by atoms with Gasteiger partial charge >= 0.3 is 6.18 Å². The van der Waals surface area contributed by atoms with Gasteiger partial charge in [-0.1, -0.05) is 43.3 Å². The summed E-state index contributed by atoms with van der Waals surface area (Å²) in [6.07, 6.45) is -3.80. The normalized spacial score (nSPS) is 19.2. The SMILES string of the molecule is CCNCc1ccccc1NC(=O)C1CC1c1cccc(C(F)(F)F)c1. The van der Waals surface area contributed by atoms with Crippen molar-refractivity contribution in [2.24, 2.45) is 5.92 Å². The first-order valence-electron chi connectivity index (χ1n) is 8.66. The van der Waals surface area contributed by atoms with E-state index in [1.54, 1.807) is 6.07 Å². The fourth-order valence-electron chi connectivity index (χ4n) is 3.08. The zero-order chi connectivity index (χ0) is 18.7. The second-order valence-corrected chi connectivity index (χ2v) is 6.50. The van der Waals surface area contributed by atoms with Crippen molar-refractivity contribution in [3.05, 3.63) is 65.2 Å². The van der Waals surface area contributed by atoms with Crippen LogP contribution in [0.5, 0.6) is 0 Å². The minimum absolute atomic E-state index is 0.142. The van der Waals surface area contributed by atoms with Crippen molar-refractivity contribution in [3.8, 4) is 0 Å². The predicted octanol–water partition coefficient (Wildman–Crippen LogP) is 4.56. The van der Waals surface area contributed by atoms with Crippen LogP contribution in [0.4, 0.5) is 18.9 Å². The molecule has 3 rings (SSSR count). The molecule has 0 heterocycles. The summed E-state index contributed by atoms with van der Waals surface area (Å²) in [5, 5.41) is 6.14. The van der Waals surface area contributed by atoms with Crippen LogP contribution in [0, 0.1) is 5.92 Å². The molecule has 1 aliphatic carbocycles. The first-order valence-corrected chi connectivity index (χ1v) is 8.66. The summed E-state index contributed by atoms with van der Waals surface area (Å²) < 4.78 is 38.6. The van der Waals surface area contributed by atoms with Crippen molar-refractivity contribution < 1.29 is 18.0 Å². The Morgan fingerprint density at radius 2 is 1.92 bits per heavy atom. The van der Waals surface area contributed by atoms with Crippen LogP contribution in [0.1, 0.15) is 36.0 Å². The highest BCUT2D eigenvalue weighted by Crippen LogP contribution is 2.49. The third-order valence-corrected chi connectivity index (χ3v) is 4.61. The number of halogens is 3. The van der Waals surface area contributed by atoms with Gasteiger partial charge in [0.1, 0.15) is 0 Å². The third-order valence-electron chi connectivity index (χ3n) is 4.61. The molecule has 0 aliphatic heterocycles. The van der Waals surface area contributed by atoms with Crippen molar-refractivity contribution in [1.29, 1.82) is 0 Å². The van der Waals surface area contributed by atoms with Crippen molar-refractivity contribution >= 4 is 11.6 Å². The van der Waals surface area contributed by atoms with Gasteiger partial charge in [0, 0.05) is 18.2 Å². The molecule has 2 N–H and O–H groups in total. The molecule has 0 bridgehead atoms. The fraction of sp³-hybridized carbons (Fsp3) is 0.350. The van der Waals surface area contributed by atoms with Crippen molar-refractivity contribution in [3.63, 3.8) is 0 Å². The molecule has 2 unspecified atom stereocenters. The van der Waals surface area contributed by atoms with Gasteiger partial charge in [-0.15, -0.1) is 0 Å². The summed E-state index contributed by atoms with van der Waals surface area (Å²) in [6.45, 7) is 3.47. The summed E-state index contributed by atoms with van der Waals surface area (Å²) in [7, 11) is 0. The molecule has 138 valence electrons. The van der Waals surface area contributed by atoms with Gasteiger partial charge in [0.15, 0.2) is 0 Å². The van der Waals surface area contributed by atoms with Gasteiger partial charge in [0.2, 0.25) is 5.91 Å². The van der Waals surface area contributed by atoms with Crippen LogP contribution in [-0.4, -0.2) is 12.5 Å². The van der Waals surface area contributed by atoms with Crippen LogP contribution in [0.15, 0.2) is 48.5 Å². The lowest BCUT2D eigenvalue weighted by Crippen LogP contribution is -2.18. The topological polar surface area (TPSA) is 41.1 Å². The Morgan fingerprint density at radius 3 is 2.65 bits per heavy atom. The van der Waals surface area contributed by atoms with E-state index in [2.05, 4.69) is 10.6 Å². The van der Waals surface area contributed by atoms with Gasteiger partial charge in [-0.3, -0.25) is 4.79 Å². The number of hydrogen-bond donors (Lipinski definition) is 2. The number of anilines is 1. The fourth-order valence-corrected chi connectivity index (χ4v) is 3.08. The van der Waals surface area contributed by atoms with E-state index in [1.807, 2.05) is 31.2 Å². The van der Waals surface area contributed by atoms with Crippen molar-refractivity contribution in [1.82, 2.24) is 5.32 Å². The molecular weight excluding hydrogens is 341 g/mol. The Labute approximate surface area is 150 Å². The van der Waals surface area contributed by atoms with Gasteiger partial charge in [-0.2, -0.15) is 13.2 Å². The van der Waals surface area contributed by atoms with Gasteiger partial charge in [-0.25, -0.2) is 0 Å². The molecule has 2 aromatic carbocycles. The third kappa shape index (κ3) is 4.25. The second kappa shape index (κ2) is 7.50. The Morgan fingerprint density at radius 1 is 1.15 bits per heavy atom. The number of benzene rings is 2. The average Bonchev–Trinajstić information content (AvgIpc) is 3.41. The number of rotatable bonds is 6. The molecule has 2 atom stereocenters. The molecule has 1 aliphatic rings. The number of carbonyl (C=O) groups is 1. The van der Waals surface area contributed by atoms with E-state index < -0.39 is 11.7 Å². The van der Waals surface area contributed by atoms with Crippen LogP contribution in [0.25, 0.3) is 0 Å². The van der Waals surface area contributed by atoms with Gasteiger partial charge in [-0.05, 0) is 42.1 Å². The summed E-state index contributed by atoms with van der Waals surface area (Å²) in [6, 6.07) is 12.8. The molecule has 1 saturated carbocycles. The monoisotopic (exact) mass is 362 g/mol. The lowest BCUT2D eigenvalue weighted by atomic mass is 10.0. The number of nitrogens with one attached hydrogen (secondary N) is 2. The van der Waals surface area contributed by atoms with Crippen LogP contribution < -0.4 is 10.6 Å². The molecule has 1 amide bonds. The average molecular weight is 362 g/mol. The van der Waals surface area contributed by atoms with Crippen molar-refractivity contribution in [2.75, 3.05) is 11.9 Å². The van der Waals surface area contributed by atoms with Gasteiger partial charge in [0.05, 0.1) is 5.56 Å². The molecule has 26 heavy (non-hydrogen) atoms. The summed E-state index contributed by atoms with van der Waals surface area (Å²) in [4.78, 5) is 12.5. The van der Waals surface area contributed by atoms with Crippen LogP contribution >= 0.6 is 0 Å². The van der Waals surface area contributed by atoms with Crippen molar-refractivity contribution in [2.45, 2.75) is 32.0 Å². The maximum absolute atomic E-state index is 12.9. The molecule has 2 aromatic rings. The summed E-state index contributed by atoms with van der Waals surface area (Å²) in [5.41, 5.74) is 1.63. The minimum Gasteiger partial charge on any atom is -0.326 e. The predicted molar refractivity (Wildman–Crippen MR) is 94.7 cm³/mol. The number of para-hydroxylation sites is 1. The summed E-state index contributed by atoms with van der Waals surface area (Å²) in [5.74, 6) is -0.583. The largest absolute Gasteiger partial charge is 0.416 e. The zero-order valence-corrected chi connectivity index (χ0v) is 14.4. The Hall–Kier alpha value is -2.34. The lowest BCUT2D eigenvalue weighted by molar-refractivity contribution is -0.137. The molecule has 0 radical (unpaired) electrons. The van der Waals surface area contributed by atoms with E-state index in [4.69, 9.17) is 0 Å². The highest BCUT2D eigenvalue weighted by molar-refractivity contribution is 5.95. The van der Waals surface area contributed by atoms with Crippen LogP contribution in [0.3, 0.4) is 0 Å². The second-order valence-electron chi connectivity index (χ2n) is 6.50. The Bertz CT molecular complexity index is 789. The van der Waals surface area contributed by atoms with E-state index in [1.165, 1.54) is 6.07 Å². The maximum atomic E-state index is 12.9. The lowest BCUT2D eigenvalue weighted by Gasteiger charge is -2.12. The van der Waals surface area contributed by atoms with E-state index in [0.29, 0.717) is 18.5 Å². The maximum Gasteiger partial charge on any atom is 0.416 e. The van der Waals surface area contributed by atoms with E-state index in [9.17, 15) is 18.0 Å². The van der Waals surface area contributed by atoms with Crippen LogP contribution in [0.2, 0.25) is 0 Å². The van der Waals surface area contributed by atoms with Gasteiger partial charge < -0.3 is 10.6 Å². The van der Waals surface area contributed by atoms with Crippen LogP contribution in [-0.2, 0) is 17.5 Å². The smallest absolute Gasteiger partial charge is 0.326 e. The molecule has 6 heteroatoms. The Kier molecular flexibility index (Phi) is 5.32. The highest BCUT2D eigenvalue weighted by Gasteiger charge is 2.44. The first kappa shape index (κ1) is 18.5. The molecular formula is C20H21F3N2O. The number of alkyl halides is 3. The minimum atomic E-state index is -4.37. The zero-order valence-electron chi connectivity index (χ0n) is 14.4. The molecule has 0 aromatic heterocycles. The highest BCUT2D eigenvalue weighted by atomic mass is 19.4. The molecule has 0 saturated heterocycles. The van der Waals surface area contributed by atoms with Gasteiger partial charge in [0.25, 0.3) is 0 Å². The molecule has 0 spiro atoms. The van der Waals surface area contributed by atoms with E-state index in [0.717, 1.165) is 29.9 Å². The number of carbonyl (C=O) groups excluding carboxylic acids is 1. The Balaban J connectivity index is 1.67. The van der Waals surface area contributed by atoms with E-state index >= 15 is 0 Å². The molecule has 1 fully saturated rings. The first-order chi connectivity index (χ1) is 12.4. The quantitative estimate of drug-likeness (QED) is 0.791.